The van der Waals surface area contributed by atoms with Crippen LogP contribution in [0.3, 0.4) is 0 Å². The first kappa shape index (κ1) is 14.8. The van der Waals surface area contributed by atoms with Crippen LogP contribution in [0.25, 0.3) is 0 Å². The van der Waals surface area contributed by atoms with E-state index in [1.54, 1.807) is 6.07 Å². The number of nitrogens with one attached hydrogen (secondary N) is 1. The molecule has 0 radical (unpaired) electrons. The minimum Gasteiger partial charge on any atom is -0.381 e. The standard InChI is InChI=1S/C14H8BrClF2N2/c15-11-3-4-13(17)10(14(11)18)7-20-9-2-1-8(6-19)12(16)5-9/h1-5,20H,7H2. The van der Waals surface area contributed by atoms with Crippen molar-refractivity contribution in [2.45, 2.75) is 6.54 Å². The van der Waals surface area contributed by atoms with Gasteiger partial charge in [0, 0.05) is 17.8 Å². The molecule has 0 aromatic heterocycles. The second-order valence-electron chi connectivity index (χ2n) is 3.98. The molecule has 1 N–H and O–H groups in total. The summed E-state index contributed by atoms with van der Waals surface area (Å²) in [6.07, 6.45) is 0. The molecule has 2 aromatic carbocycles. The minimum absolute atomic E-state index is 0.0284. The first-order valence-corrected chi connectivity index (χ1v) is 6.76. The molecule has 2 rings (SSSR count). The molecule has 0 heterocycles. The summed E-state index contributed by atoms with van der Waals surface area (Å²) in [7, 11) is 0. The zero-order valence-corrected chi connectivity index (χ0v) is 12.4. The van der Waals surface area contributed by atoms with E-state index in [2.05, 4.69) is 21.2 Å². The van der Waals surface area contributed by atoms with Crippen molar-refractivity contribution < 1.29 is 8.78 Å². The highest BCUT2D eigenvalue weighted by atomic mass is 79.9. The Labute approximate surface area is 128 Å². The third-order valence-corrected chi connectivity index (χ3v) is 3.62. The highest BCUT2D eigenvalue weighted by Crippen LogP contribution is 2.24. The molecule has 0 bridgehead atoms. The maximum atomic E-state index is 13.8. The number of hydrogen-bond acceptors (Lipinski definition) is 2. The number of benzene rings is 2. The van der Waals surface area contributed by atoms with Crippen molar-refractivity contribution in [1.29, 1.82) is 5.26 Å². The van der Waals surface area contributed by atoms with Crippen LogP contribution in [0.15, 0.2) is 34.8 Å². The number of rotatable bonds is 3. The van der Waals surface area contributed by atoms with Gasteiger partial charge in [0.25, 0.3) is 0 Å². The third-order valence-electron chi connectivity index (χ3n) is 2.70. The molecule has 0 saturated carbocycles. The van der Waals surface area contributed by atoms with E-state index in [9.17, 15) is 8.78 Å². The Morgan fingerprint density at radius 3 is 2.65 bits per heavy atom. The quantitative estimate of drug-likeness (QED) is 0.796. The van der Waals surface area contributed by atoms with Gasteiger partial charge in [-0.05, 0) is 46.3 Å². The maximum Gasteiger partial charge on any atom is 0.145 e. The largest absolute Gasteiger partial charge is 0.381 e. The van der Waals surface area contributed by atoms with Gasteiger partial charge in [0.2, 0.25) is 0 Å². The molecule has 0 fully saturated rings. The third kappa shape index (κ3) is 3.09. The summed E-state index contributed by atoms with van der Waals surface area (Å²) in [5.74, 6) is -1.27. The van der Waals surface area contributed by atoms with Crippen molar-refractivity contribution in [3.63, 3.8) is 0 Å². The normalized spacial score (nSPS) is 10.2. The van der Waals surface area contributed by atoms with Gasteiger partial charge >= 0.3 is 0 Å². The van der Waals surface area contributed by atoms with Crippen LogP contribution in [-0.4, -0.2) is 0 Å². The Morgan fingerprint density at radius 1 is 1.25 bits per heavy atom. The predicted octanol–water partition coefficient (Wildman–Crippen LogP) is 4.86. The van der Waals surface area contributed by atoms with Crippen molar-refractivity contribution in [3.8, 4) is 6.07 Å². The Morgan fingerprint density at radius 2 is 2.00 bits per heavy atom. The summed E-state index contributed by atoms with van der Waals surface area (Å²) in [6, 6.07) is 9.14. The van der Waals surface area contributed by atoms with Crippen molar-refractivity contribution in [3.05, 3.63) is 62.6 Å². The zero-order valence-electron chi connectivity index (χ0n) is 10.1. The molecule has 6 heteroatoms. The first-order chi connectivity index (χ1) is 9.52. The van der Waals surface area contributed by atoms with Crippen LogP contribution in [-0.2, 0) is 6.54 Å². The molecule has 20 heavy (non-hydrogen) atoms. The van der Waals surface area contributed by atoms with E-state index < -0.39 is 11.6 Å². The number of nitrogens with zero attached hydrogens (tertiary/aromatic N) is 1. The lowest BCUT2D eigenvalue weighted by molar-refractivity contribution is 0.555. The predicted molar refractivity (Wildman–Crippen MR) is 77.6 cm³/mol. The number of nitriles is 1. The van der Waals surface area contributed by atoms with E-state index in [-0.39, 0.29) is 21.6 Å². The molecule has 0 atom stereocenters. The molecule has 0 unspecified atom stereocenters. The van der Waals surface area contributed by atoms with E-state index in [4.69, 9.17) is 16.9 Å². The van der Waals surface area contributed by atoms with Crippen LogP contribution in [0.4, 0.5) is 14.5 Å². The van der Waals surface area contributed by atoms with Crippen molar-refractivity contribution in [2.75, 3.05) is 5.32 Å². The fourth-order valence-electron chi connectivity index (χ4n) is 1.64. The molecule has 2 nitrogen and oxygen atoms in total. The summed E-state index contributed by atoms with van der Waals surface area (Å²) >= 11 is 8.89. The lowest BCUT2D eigenvalue weighted by Crippen LogP contribution is -2.05. The van der Waals surface area contributed by atoms with E-state index >= 15 is 0 Å². The first-order valence-electron chi connectivity index (χ1n) is 5.59. The Balaban J connectivity index is 2.20. The SMILES string of the molecule is N#Cc1ccc(NCc2c(F)ccc(Br)c2F)cc1Cl. The van der Waals surface area contributed by atoms with Gasteiger partial charge < -0.3 is 5.32 Å². The lowest BCUT2D eigenvalue weighted by atomic mass is 10.2. The van der Waals surface area contributed by atoms with Crippen LogP contribution in [0.5, 0.6) is 0 Å². The molecule has 0 amide bonds. The van der Waals surface area contributed by atoms with E-state index in [1.165, 1.54) is 24.3 Å². The van der Waals surface area contributed by atoms with E-state index in [1.807, 2.05) is 6.07 Å². The number of hydrogen-bond donors (Lipinski definition) is 1. The Hall–Kier alpha value is -1.64. The summed E-state index contributed by atoms with van der Waals surface area (Å²) < 4.78 is 27.5. The van der Waals surface area contributed by atoms with Crippen LogP contribution in [0.1, 0.15) is 11.1 Å². The zero-order chi connectivity index (χ0) is 14.7. The second kappa shape index (κ2) is 6.21. The van der Waals surface area contributed by atoms with E-state index in [0.29, 0.717) is 11.3 Å². The molecule has 0 spiro atoms. The van der Waals surface area contributed by atoms with Gasteiger partial charge in [-0.25, -0.2) is 8.78 Å². The van der Waals surface area contributed by atoms with Gasteiger partial charge in [-0.3, -0.25) is 0 Å². The summed E-state index contributed by atoms with van der Waals surface area (Å²) in [6.45, 7) is -0.0284. The Kier molecular flexibility index (Phi) is 4.58. The van der Waals surface area contributed by atoms with Gasteiger partial charge in [0.1, 0.15) is 17.7 Å². The topological polar surface area (TPSA) is 35.8 Å². The van der Waals surface area contributed by atoms with Crippen LogP contribution in [0, 0.1) is 23.0 Å². The van der Waals surface area contributed by atoms with Crippen molar-refractivity contribution >= 4 is 33.2 Å². The van der Waals surface area contributed by atoms with E-state index in [0.717, 1.165) is 0 Å². The average molecular weight is 358 g/mol. The molecule has 0 aliphatic heterocycles. The number of halogens is 4. The molecular weight excluding hydrogens is 350 g/mol. The highest BCUT2D eigenvalue weighted by molar-refractivity contribution is 9.10. The fourth-order valence-corrected chi connectivity index (χ4v) is 2.23. The number of anilines is 1. The molecule has 102 valence electrons. The monoisotopic (exact) mass is 356 g/mol. The minimum atomic E-state index is -0.641. The van der Waals surface area contributed by atoms with Gasteiger partial charge in [-0.1, -0.05) is 11.6 Å². The fraction of sp³-hybridized carbons (Fsp3) is 0.0714. The summed E-state index contributed by atoms with van der Waals surface area (Å²) in [4.78, 5) is 0. The second-order valence-corrected chi connectivity index (χ2v) is 5.24. The maximum absolute atomic E-state index is 13.8. The van der Waals surface area contributed by atoms with Crippen molar-refractivity contribution in [2.24, 2.45) is 0 Å². The molecule has 0 aliphatic rings. The van der Waals surface area contributed by atoms with Crippen LogP contribution in [0.2, 0.25) is 5.02 Å². The highest BCUT2D eigenvalue weighted by Gasteiger charge is 2.12. The van der Waals surface area contributed by atoms with Gasteiger partial charge in [0.15, 0.2) is 0 Å². The lowest BCUT2D eigenvalue weighted by Gasteiger charge is -2.10. The van der Waals surface area contributed by atoms with Crippen LogP contribution >= 0.6 is 27.5 Å². The summed E-state index contributed by atoms with van der Waals surface area (Å²) in [5, 5.41) is 11.9. The van der Waals surface area contributed by atoms with Gasteiger partial charge in [0.05, 0.1) is 15.1 Å². The van der Waals surface area contributed by atoms with Gasteiger partial charge in [-0.15, -0.1) is 0 Å². The molecule has 2 aromatic rings. The van der Waals surface area contributed by atoms with Gasteiger partial charge in [-0.2, -0.15) is 5.26 Å². The molecule has 0 aliphatic carbocycles. The molecule has 0 saturated heterocycles. The van der Waals surface area contributed by atoms with Crippen molar-refractivity contribution in [1.82, 2.24) is 0 Å². The summed E-state index contributed by atoms with van der Waals surface area (Å²) in [5.41, 5.74) is 0.852. The average Bonchev–Trinajstić information content (AvgIpc) is 2.43. The molecular formula is C14H8BrClF2N2. The smallest absolute Gasteiger partial charge is 0.145 e. The van der Waals surface area contributed by atoms with Crippen LogP contribution < -0.4 is 5.32 Å². The Bertz CT molecular complexity index is 698.